The lowest BCUT2D eigenvalue weighted by Crippen LogP contribution is -2.40. The van der Waals surface area contributed by atoms with Crippen LogP contribution in [0.2, 0.25) is 5.02 Å². The molecule has 3 N–H and O–H groups in total. The Morgan fingerprint density at radius 2 is 2.23 bits per heavy atom. The minimum atomic E-state index is -3.04. The van der Waals surface area contributed by atoms with E-state index in [1.807, 2.05) is 6.07 Å². The molecule has 0 spiro atoms. The van der Waals surface area contributed by atoms with Crippen LogP contribution in [0.1, 0.15) is 13.3 Å². The van der Waals surface area contributed by atoms with Crippen molar-refractivity contribution >= 4 is 39.1 Å². The van der Waals surface area contributed by atoms with E-state index >= 15 is 0 Å². The van der Waals surface area contributed by atoms with E-state index in [1.165, 1.54) is 4.68 Å². The van der Waals surface area contributed by atoms with Gasteiger partial charge in [0.15, 0.2) is 15.7 Å². The van der Waals surface area contributed by atoms with Crippen LogP contribution < -0.4 is 11.2 Å². The van der Waals surface area contributed by atoms with Gasteiger partial charge in [0, 0.05) is 16.6 Å². The highest BCUT2D eigenvalue weighted by Gasteiger charge is 2.30. The first-order valence-electron chi connectivity index (χ1n) is 7.89. The first kappa shape index (κ1) is 19.0. The van der Waals surface area contributed by atoms with Crippen LogP contribution in [-0.4, -0.2) is 52.0 Å². The first-order valence-corrected chi connectivity index (χ1v) is 11.0. The van der Waals surface area contributed by atoms with Crippen molar-refractivity contribution in [2.75, 3.05) is 17.3 Å². The number of nitrogens with two attached hydrogens (primary N) is 1. The van der Waals surface area contributed by atoms with Gasteiger partial charge in [0.25, 0.3) is 0 Å². The largest absolute Gasteiger partial charge is 0.351 e. The lowest BCUT2D eigenvalue weighted by molar-refractivity contribution is -0.120. The van der Waals surface area contributed by atoms with Gasteiger partial charge < -0.3 is 11.2 Å². The highest BCUT2D eigenvalue weighted by molar-refractivity contribution is 8.00. The smallest absolute Gasteiger partial charge is 0.233 e. The number of nitrogens with one attached hydrogen (secondary N) is 1. The number of amides is 1. The van der Waals surface area contributed by atoms with E-state index in [-0.39, 0.29) is 23.5 Å². The van der Waals surface area contributed by atoms with Gasteiger partial charge >= 0.3 is 0 Å². The Labute approximate surface area is 160 Å². The Kier molecular flexibility index (Phi) is 5.44. The van der Waals surface area contributed by atoms with Gasteiger partial charge in [-0.15, -0.1) is 10.2 Å². The van der Waals surface area contributed by atoms with E-state index in [0.717, 1.165) is 11.8 Å². The monoisotopic (exact) mass is 415 g/mol. The van der Waals surface area contributed by atoms with Gasteiger partial charge in [-0.25, -0.2) is 13.1 Å². The number of sulfone groups is 1. The zero-order valence-electron chi connectivity index (χ0n) is 13.9. The standard InChI is InChI=1S/C15H18ClN5O3S2/c1-9(14(22)18-12-5-6-26(23,24)8-12)25-15-20-19-13(21(15)17)10-3-2-4-11(16)7-10/h2-4,7,9,12H,5-6,8,17H2,1H3,(H,18,22)/t9-,12-/m0/s1. The molecule has 2 heterocycles. The summed E-state index contributed by atoms with van der Waals surface area (Å²) in [5.74, 6) is 6.32. The van der Waals surface area contributed by atoms with Gasteiger partial charge in [-0.1, -0.05) is 35.5 Å². The Bertz CT molecular complexity index is 931. The first-order chi connectivity index (χ1) is 12.2. The fourth-order valence-corrected chi connectivity index (χ4v) is 5.26. The molecule has 1 fully saturated rings. The van der Waals surface area contributed by atoms with E-state index < -0.39 is 15.1 Å². The van der Waals surface area contributed by atoms with Crippen LogP contribution in [0.3, 0.4) is 0 Å². The van der Waals surface area contributed by atoms with Crippen LogP contribution >= 0.6 is 23.4 Å². The summed E-state index contributed by atoms with van der Waals surface area (Å²) in [7, 11) is -3.04. The number of carbonyl (C=O) groups excluding carboxylic acids is 1. The second kappa shape index (κ2) is 7.45. The van der Waals surface area contributed by atoms with Crippen molar-refractivity contribution in [3.63, 3.8) is 0 Å². The molecule has 1 saturated heterocycles. The quantitative estimate of drug-likeness (QED) is 0.554. The van der Waals surface area contributed by atoms with Crippen molar-refractivity contribution in [1.29, 1.82) is 0 Å². The summed E-state index contributed by atoms with van der Waals surface area (Å²) in [4.78, 5) is 12.3. The predicted molar refractivity (Wildman–Crippen MR) is 101 cm³/mol. The van der Waals surface area contributed by atoms with Gasteiger partial charge in [0.05, 0.1) is 16.8 Å². The van der Waals surface area contributed by atoms with Crippen molar-refractivity contribution in [3.8, 4) is 11.4 Å². The summed E-state index contributed by atoms with van der Waals surface area (Å²) in [5, 5.41) is 11.3. The predicted octanol–water partition coefficient (Wildman–Crippen LogP) is 1.10. The zero-order valence-corrected chi connectivity index (χ0v) is 16.3. The minimum absolute atomic E-state index is 0.0118. The maximum atomic E-state index is 12.3. The summed E-state index contributed by atoms with van der Waals surface area (Å²) < 4.78 is 24.3. The van der Waals surface area contributed by atoms with E-state index in [4.69, 9.17) is 17.4 Å². The Morgan fingerprint density at radius 1 is 1.46 bits per heavy atom. The van der Waals surface area contributed by atoms with Crippen LogP contribution in [0, 0.1) is 0 Å². The SMILES string of the molecule is C[C@H](Sc1nnc(-c2cccc(Cl)c2)n1N)C(=O)N[C@H]1CCS(=O)(=O)C1. The number of thioether (sulfide) groups is 1. The number of nitrogens with zero attached hydrogens (tertiary/aromatic N) is 3. The normalized spacial score (nSPS) is 20.0. The van der Waals surface area contributed by atoms with Crippen molar-refractivity contribution in [2.24, 2.45) is 0 Å². The maximum absolute atomic E-state index is 12.3. The van der Waals surface area contributed by atoms with Crippen molar-refractivity contribution < 1.29 is 13.2 Å². The molecule has 1 aliphatic rings. The molecule has 1 amide bonds. The Balaban J connectivity index is 1.66. The zero-order chi connectivity index (χ0) is 18.9. The Hall–Kier alpha value is -1.78. The lowest BCUT2D eigenvalue weighted by atomic mass is 10.2. The number of halogens is 1. The molecule has 140 valence electrons. The molecule has 26 heavy (non-hydrogen) atoms. The molecule has 2 atom stereocenters. The van der Waals surface area contributed by atoms with Crippen LogP contribution in [-0.2, 0) is 14.6 Å². The minimum Gasteiger partial charge on any atom is -0.351 e. The molecule has 3 rings (SSSR count). The van der Waals surface area contributed by atoms with Crippen molar-refractivity contribution in [2.45, 2.75) is 29.8 Å². The third kappa shape index (κ3) is 4.30. The molecule has 2 aromatic rings. The fourth-order valence-electron chi connectivity index (χ4n) is 2.62. The lowest BCUT2D eigenvalue weighted by Gasteiger charge is -2.15. The van der Waals surface area contributed by atoms with Gasteiger partial charge in [-0.3, -0.25) is 4.79 Å². The number of hydrogen-bond acceptors (Lipinski definition) is 7. The number of hydrogen-bond donors (Lipinski definition) is 2. The fraction of sp³-hybridized carbons (Fsp3) is 0.400. The van der Waals surface area contributed by atoms with Crippen molar-refractivity contribution in [3.05, 3.63) is 29.3 Å². The molecule has 1 aromatic carbocycles. The molecule has 1 aliphatic heterocycles. The highest BCUT2D eigenvalue weighted by Crippen LogP contribution is 2.26. The second-order valence-corrected chi connectivity index (χ2v) is 10.0. The number of rotatable bonds is 5. The molecule has 0 bridgehead atoms. The summed E-state index contributed by atoms with van der Waals surface area (Å²) >= 11 is 7.13. The molecule has 1 aromatic heterocycles. The van der Waals surface area contributed by atoms with E-state index in [0.29, 0.717) is 28.0 Å². The van der Waals surface area contributed by atoms with E-state index in [1.54, 1.807) is 25.1 Å². The van der Waals surface area contributed by atoms with Crippen LogP contribution in [0.5, 0.6) is 0 Å². The van der Waals surface area contributed by atoms with Gasteiger partial charge in [0.2, 0.25) is 11.1 Å². The van der Waals surface area contributed by atoms with Crippen molar-refractivity contribution in [1.82, 2.24) is 20.2 Å². The summed E-state index contributed by atoms with van der Waals surface area (Å²) in [6.07, 6.45) is 0.442. The molecular formula is C15H18ClN5O3S2. The molecular weight excluding hydrogens is 398 g/mol. The van der Waals surface area contributed by atoms with Crippen LogP contribution in [0.25, 0.3) is 11.4 Å². The molecule has 0 aliphatic carbocycles. The second-order valence-electron chi connectivity index (χ2n) is 6.06. The average molecular weight is 416 g/mol. The van der Waals surface area contributed by atoms with E-state index in [9.17, 15) is 13.2 Å². The van der Waals surface area contributed by atoms with Gasteiger partial charge in [-0.05, 0) is 25.5 Å². The number of aromatic nitrogens is 3. The molecule has 0 radical (unpaired) electrons. The molecule has 11 heteroatoms. The topological polar surface area (TPSA) is 120 Å². The third-order valence-corrected chi connectivity index (χ3v) is 7.04. The highest BCUT2D eigenvalue weighted by atomic mass is 35.5. The number of carbonyl (C=O) groups is 1. The number of nitrogen functional groups attached to an aromatic ring is 1. The summed E-state index contributed by atoms with van der Waals surface area (Å²) in [6.45, 7) is 1.71. The summed E-state index contributed by atoms with van der Waals surface area (Å²) in [6, 6.07) is 6.72. The van der Waals surface area contributed by atoms with Gasteiger partial charge in [-0.2, -0.15) is 0 Å². The number of benzene rings is 1. The summed E-state index contributed by atoms with van der Waals surface area (Å²) in [5.41, 5.74) is 0.715. The molecule has 0 unspecified atom stereocenters. The van der Waals surface area contributed by atoms with Crippen LogP contribution in [0.15, 0.2) is 29.4 Å². The average Bonchev–Trinajstić information content (AvgIpc) is 3.10. The third-order valence-electron chi connectivity index (χ3n) is 3.98. The van der Waals surface area contributed by atoms with E-state index in [2.05, 4.69) is 15.5 Å². The molecule has 8 nitrogen and oxygen atoms in total. The van der Waals surface area contributed by atoms with Gasteiger partial charge in [0.1, 0.15) is 0 Å². The molecule has 0 saturated carbocycles. The maximum Gasteiger partial charge on any atom is 0.233 e. The van der Waals surface area contributed by atoms with Crippen LogP contribution in [0.4, 0.5) is 0 Å². The Morgan fingerprint density at radius 3 is 2.88 bits per heavy atom.